The molecule has 3 N–H and O–H groups in total. The second-order valence-electron chi connectivity index (χ2n) is 4.41. The van der Waals surface area contributed by atoms with Crippen LogP contribution in [0, 0.1) is 0 Å². The van der Waals surface area contributed by atoms with E-state index in [0.29, 0.717) is 45.1 Å². The van der Waals surface area contributed by atoms with Crippen LogP contribution in [0.2, 0.25) is 0 Å². The Morgan fingerprint density at radius 3 is 2.48 bits per heavy atom. The Bertz CT molecular complexity index is 488. The summed E-state index contributed by atoms with van der Waals surface area (Å²) >= 11 is 0. The second-order valence-corrected chi connectivity index (χ2v) is 6.18. The van der Waals surface area contributed by atoms with Gasteiger partial charge in [0.1, 0.15) is 5.75 Å². The van der Waals surface area contributed by atoms with Gasteiger partial charge in [-0.25, -0.2) is 13.1 Å². The molecule has 0 radical (unpaired) electrons. The molecule has 1 aromatic rings. The van der Waals surface area contributed by atoms with Gasteiger partial charge in [-0.2, -0.15) is 0 Å². The number of nitrogens with two attached hydrogens (primary N) is 1. The molecule has 0 bridgehead atoms. The summed E-state index contributed by atoms with van der Waals surface area (Å²) < 4.78 is 37.2. The highest BCUT2D eigenvalue weighted by Gasteiger charge is 2.12. The van der Waals surface area contributed by atoms with E-state index in [0.717, 1.165) is 6.42 Å². The summed E-state index contributed by atoms with van der Waals surface area (Å²) in [6, 6.07) is 6.35. The van der Waals surface area contributed by atoms with Crippen molar-refractivity contribution in [2.24, 2.45) is 5.73 Å². The summed E-state index contributed by atoms with van der Waals surface area (Å²) in [5, 5.41) is 0. The van der Waals surface area contributed by atoms with Gasteiger partial charge >= 0.3 is 0 Å². The van der Waals surface area contributed by atoms with E-state index in [1.165, 1.54) is 12.1 Å². The van der Waals surface area contributed by atoms with Crippen LogP contribution < -0.4 is 15.2 Å². The zero-order chi connectivity index (χ0) is 15.6. The van der Waals surface area contributed by atoms with Crippen molar-refractivity contribution in [1.82, 2.24) is 4.72 Å². The molecule has 0 saturated carbocycles. The first-order chi connectivity index (χ1) is 10.1. The van der Waals surface area contributed by atoms with Gasteiger partial charge < -0.3 is 15.2 Å². The molecule has 0 aliphatic heterocycles. The van der Waals surface area contributed by atoms with E-state index in [9.17, 15) is 8.42 Å². The van der Waals surface area contributed by atoms with Crippen molar-refractivity contribution in [3.05, 3.63) is 24.3 Å². The van der Waals surface area contributed by atoms with Gasteiger partial charge in [-0.1, -0.05) is 0 Å². The Hall–Kier alpha value is -1.15. The van der Waals surface area contributed by atoms with Crippen LogP contribution in [0.4, 0.5) is 0 Å². The molecule has 0 aliphatic carbocycles. The van der Waals surface area contributed by atoms with Gasteiger partial charge in [-0.3, -0.25) is 0 Å². The highest BCUT2D eigenvalue weighted by Crippen LogP contribution is 2.16. The number of hydrogen-bond donors (Lipinski definition) is 2. The van der Waals surface area contributed by atoms with E-state index < -0.39 is 10.0 Å². The van der Waals surface area contributed by atoms with Crippen LogP contribution >= 0.6 is 0 Å². The minimum absolute atomic E-state index is 0.227. The molecule has 1 rings (SSSR count). The van der Waals surface area contributed by atoms with E-state index in [-0.39, 0.29) is 4.90 Å². The lowest BCUT2D eigenvalue weighted by Crippen LogP contribution is -2.25. The number of hydrogen-bond acceptors (Lipinski definition) is 5. The van der Waals surface area contributed by atoms with Crippen LogP contribution in [0.3, 0.4) is 0 Å². The molecule has 0 saturated heterocycles. The summed E-state index contributed by atoms with van der Waals surface area (Å²) in [5.41, 5.74) is 5.37. The summed E-state index contributed by atoms with van der Waals surface area (Å²) in [7, 11) is -3.47. The maximum absolute atomic E-state index is 12.0. The predicted octanol–water partition coefficient (Wildman–Crippen LogP) is 1.12. The maximum atomic E-state index is 12.0. The maximum Gasteiger partial charge on any atom is 0.240 e. The van der Waals surface area contributed by atoms with E-state index in [2.05, 4.69) is 4.72 Å². The van der Waals surface area contributed by atoms with Gasteiger partial charge in [-0.05, 0) is 50.6 Å². The fraction of sp³-hybridized carbons (Fsp3) is 0.571. The minimum atomic E-state index is -3.47. The van der Waals surface area contributed by atoms with Crippen molar-refractivity contribution in [3.63, 3.8) is 0 Å². The fourth-order valence-electron chi connectivity index (χ4n) is 1.60. The lowest BCUT2D eigenvalue weighted by molar-refractivity contribution is 0.146. The summed E-state index contributed by atoms with van der Waals surface area (Å²) in [6.45, 7) is 4.54. The Balaban J connectivity index is 2.47. The topological polar surface area (TPSA) is 90.6 Å². The monoisotopic (exact) mass is 316 g/mol. The largest absolute Gasteiger partial charge is 0.494 e. The van der Waals surface area contributed by atoms with Crippen molar-refractivity contribution in [1.29, 1.82) is 0 Å². The van der Waals surface area contributed by atoms with Crippen molar-refractivity contribution in [2.45, 2.75) is 24.7 Å². The average molecular weight is 316 g/mol. The Labute approximate surface area is 126 Å². The van der Waals surface area contributed by atoms with Crippen molar-refractivity contribution < 1.29 is 17.9 Å². The second kappa shape index (κ2) is 9.73. The molecule has 0 unspecified atom stereocenters. The van der Waals surface area contributed by atoms with Crippen LogP contribution in [0.25, 0.3) is 0 Å². The van der Waals surface area contributed by atoms with Gasteiger partial charge in [0.05, 0.1) is 11.5 Å². The third-order valence-corrected chi connectivity index (χ3v) is 4.19. The molecule has 7 heteroatoms. The number of ether oxygens (including phenoxy) is 2. The van der Waals surface area contributed by atoms with Crippen LogP contribution in [0.1, 0.15) is 19.8 Å². The number of benzene rings is 1. The van der Waals surface area contributed by atoms with Crippen molar-refractivity contribution in [3.8, 4) is 5.75 Å². The van der Waals surface area contributed by atoms with Crippen molar-refractivity contribution in [2.75, 3.05) is 32.9 Å². The molecule has 6 nitrogen and oxygen atoms in total. The molecule has 1 aromatic carbocycles. The Morgan fingerprint density at radius 2 is 1.86 bits per heavy atom. The van der Waals surface area contributed by atoms with Crippen LogP contribution in [0.15, 0.2) is 29.2 Å². The molecule has 0 fully saturated rings. The molecule has 0 heterocycles. The van der Waals surface area contributed by atoms with E-state index >= 15 is 0 Å². The number of nitrogens with one attached hydrogen (secondary N) is 1. The Morgan fingerprint density at radius 1 is 1.14 bits per heavy atom. The van der Waals surface area contributed by atoms with Crippen LogP contribution in [0.5, 0.6) is 5.75 Å². The first-order valence-electron chi connectivity index (χ1n) is 7.10. The first kappa shape index (κ1) is 17.9. The van der Waals surface area contributed by atoms with E-state index in [4.69, 9.17) is 15.2 Å². The van der Waals surface area contributed by atoms with Crippen molar-refractivity contribution >= 4 is 10.0 Å². The third-order valence-electron chi connectivity index (χ3n) is 2.71. The average Bonchev–Trinajstić information content (AvgIpc) is 2.48. The summed E-state index contributed by atoms with van der Waals surface area (Å²) in [6.07, 6.45) is 1.41. The molecule has 21 heavy (non-hydrogen) atoms. The SMILES string of the molecule is CCOCCCNS(=O)(=O)c1ccc(OCCCN)cc1. The fourth-order valence-corrected chi connectivity index (χ4v) is 2.67. The van der Waals surface area contributed by atoms with Crippen LogP contribution in [-0.4, -0.2) is 41.3 Å². The molecule has 0 aliphatic rings. The lowest BCUT2D eigenvalue weighted by Gasteiger charge is -2.08. The molecule has 0 amide bonds. The predicted molar refractivity (Wildman–Crippen MR) is 81.9 cm³/mol. The van der Waals surface area contributed by atoms with Gasteiger partial charge in [-0.15, -0.1) is 0 Å². The first-order valence-corrected chi connectivity index (χ1v) is 8.59. The zero-order valence-corrected chi connectivity index (χ0v) is 13.2. The zero-order valence-electron chi connectivity index (χ0n) is 12.4. The van der Waals surface area contributed by atoms with E-state index in [1.54, 1.807) is 12.1 Å². The lowest BCUT2D eigenvalue weighted by atomic mass is 10.3. The van der Waals surface area contributed by atoms with Gasteiger partial charge in [0.2, 0.25) is 10.0 Å². The molecule has 0 spiro atoms. The van der Waals surface area contributed by atoms with Gasteiger partial charge in [0.25, 0.3) is 0 Å². The molecular formula is C14H24N2O4S. The normalized spacial score (nSPS) is 11.5. The Kier molecular flexibility index (Phi) is 8.29. The number of rotatable bonds is 11. The number of sulfonamides is 1. The highest BCUT2D eigenvalue weighted by atomic mass is 32.2. The highest BCUT2D eigenvalue weighted by molar-refractivity contribution is 7.89. The molecule has 0 aromatic heterocycles. The summed E-state index contributed by atoms with van der Waals surface area (Å²) in [4.78, 5) is 0.227. The molecule has 120 valence electrons. The van der Waals surface area contributed by atoms with E-state index in [1.807, 2.05) is 6.92 Å². The van der Waals surface area contributed by atoms with Gasteiger partial charge in [0, 0.05) is 19.8 Å². The molecule has 0 atom stereocenters. The minimum Gasteiger partial charge on any atom is -0.494 e. The molecular weight excluding hydrogens is 292 g/mol. The van der Waals surface area contributed by atoms with Gasteiger partial charge in [0.15, 0.2) is 0 Å². The summed E-state index contributed by atoms with van der Waals surface area (Å²) in [5.74, 6) is 0.638. The standard InChI is InChI=1S/C14H24N2O4S/c1-2-19-11-4-10-16-21(17,18)14-7-5-13(6-8-14)20-12-3-9-15/h5-8,16H,2-4,9-12,15H2,1H3. The smallest absolute Gasteiger partial charge is 0.240 e. The quantitative estimate of drug-likeness (QED) is 0.597. The van der Waals surface area contributed by atoms with Crippen LogP contribution in [-0.2, 0) is 14.8 Å². The third kappa shape index (κ3) is 6.90.